The van der Waals surface area contributed by atoms with Crippen LogP contribution in [0.4, 0.5) is 10.8 Å². The van der Waals surface area contributed by atoms with Crippen LogP contribution < -0.4 is 15.0 Å². The Morgan fingerprint density at radius 1 is 1.17 bits per heavy atom. The number of rotatable bonds is 4. The lowest BCUT2D eigenvalue weighted by atomic mass is 9.90. The summed E-state index contributed by atoms with van der Waals surface area (Å²) in [6.45, 7) is 4.73. The molecule has 0 radical (unpaired) electrons. The van der Waals surface area contributed by atoms with Gasteiger partial charge in [-0.25, -0.2) is 4.98 Å². The molecule has 2 aliphatic rings. The second kappa shape index (κ2) is 8.41. The van der Waals surface area contributed by atoms with Gasteiger partial charge >= 0.3 is 0 Å². The summed E-state index contributed by atoms with van der Waals surface area (Å²) in [7, 11) is 1.62. The summed E-state index contributed by atoms with van der Waals surface area (Å²) < 4.78 is 5.16. The standard InChI is InChI=1S/C21H26N4O3S/c1-14(26)24-9-11-25(12-10-24)21-23-18-8-3-15(13-19(18)29-21)20(27)22-16-4-6-17(28-2)7-5-16/h4-7,15H,3,8-13H2,1-2H3,(H,22,27)/t15-/m0/s1. The molecule has 2 aromatic rings. The third-order valence-corrected chi connectivity index (χ3v) is 6.83. The number of anilines is 2. The Hall–Kier alpha value is -2.61. The van der Waals surface area contributed by atoms with Crippen molar-refractivity contribution in [3.8, 4) is 5.75 Å². The second-order valence-electron chi connectivity index (χ2n) is 7.52. The van der Waals surface area contributed by atoms with Gasteiger partial charge in [0, 0.05) is 49.6 Å². The lowest BCUT2D eigenvalue weighted by Crippen LogP contribution is -2.48. The maximum atomic E-state index is 12.7. The molecule has 1 saturated heterocycles. The van der Waals surface area contributed by atoms with Gasteiger partial charge in [-0.05, 0) is 43.5 Å². The molecule has 1 aromatic heterocycles. The summed E-state index contributed by atoms with van der Waals surface area (Å²) in [6.07, 6.45) is 2.39. The van der Waals surface area contributed by atoms with Gasteiger partial charge in [0.2, 0.25) is 11.8 Å². The number of carbonyl (C=O) groups excluding carboxylic acids is 2. The van der Waals surface area contributed by atoms with Crippen molar-refractivity contribution in [2.75, 3.05) is 43.5 Å². The van der Waals surface area contributed by atoms with Crippen molar-refractivity contribution in [3.63, 3.8) is 0 Å². The number of thiazole rings is 1. The highest BCUT2D eigenvalue weighted by atomic mass is 32.1. The van der Waals surface area contributed by atoms with E-state index in [0.29, 0.717) is 0 Å². The topological polar surface area (TPSA) is 74.8 Å². The first-order valence-electron chi connectivity index (χ1n) is 9.97. The van der Waals surface area contributed by atoms with Crippen molar-refractivity contribution < 1.29 is 14.3 Å². The van der Waals surface area contributed by atoms with Crippen LogP contribution in [0.2, 0.25) is 0 Å². The predicted octanol–water partition coefficient (Wildman–Crippen LogP) is 2.56. The van der Waals surface area contributed by atoms with Gasteiger partial charge in [-0.2, -0.15) is 0 Å². The fourth-order valence-electron chi connectivity index (χ4n) is 3.85. The summed E-state index contributed by atoms with van der Waals surface area (Å²) in [5.41, 5.74) is 1.92. The number of aromatic nitrogens is 1. The molecule has 2 amide bonds. The summed E-state index contributed by atoms with van der Waals surface area (Å²) in [4.78, 5) is 34.4. The summed E-state index contributed by atoms with van der Waals surface area (Å²) >= 11 is 1.70. The Labute approximate surface area is 174 Å². The number of benzene rings is 1. The minimum Gasteiger partial charge on any atom is -0.497 e. The number of nitrogens with one attached hydrogen (secondary N) is 1. The van der Waals surface area contributed by atoms with E-state index in [9.17, 15) is 9.59 Å². The van der Waals surface area contributed by atoms with Crippen molar-refractivity contribution in [2.45, 2.75) is 26.2 Å². The van der Waals surface area contributed by atoms with Crippen molar-refractivity contribution in [2.24, 2.45) is 5.92 Å². The highest BCUT2D eigenvalue weighted by Gasteiger charge is 2.29. The molecule has 1 aliphatic heterocycles. The first-order chi connectivity index (χ1) is 14.0. The van der Waals surface area contributed by atoms with Crippen LogP contribution in [-0.2, 0) is 22.4 Å². The zero-order valence-electron chi connectivity index (χ0n) is 16.8. The molecular formula is C21H26N4O3S. The van der Waals surface area contributed by atoms with E-state index in [1.165, 1.54) is 4.88 Å². The molecule has 1 aromatic carbocycles. The molecule has 0 saturated carbocycles. The van der Waals surface area contributed by atoms with E-state index in [1.807, 2.05) is 29.2 Å². The quantitative estimate of drug-likeness (QED) is 0.832. The van der Waals surface area contributed by atoms with Crippen LogP contribution in [0.15, 0.2) is 24.3 Å². The molecule has 8 heteroatoms. The van der Waals surface area contributed by atoms with E-state index in [-0.39, 0.29) is 17.7 Å². The zero-order valence-corrected chi connectivity index (χ0v) is 17.6. The van der Waals surface area contributed by atoms with E-state index >= 15 is 0 Å². The third kappa shape index (κ3) is 4.37. The van der Waals surface area contributed by atoms with Gasteiger partial charge in [-0.1, -0.05) is 0 Å². The van der Waals surface area contributed by atoms with Gasteiger partial charge < -0.3 is 19.9 Å². The maximum absolute atomic E-state index is 12.7. The number of piperazine rings is 1. The van der Waals surface area contributed by atoms with Gasteiger partial charge in [0.05, 0.1) is 12.8 Å². The molecule has 4 rings (SSSR count). The fourth-order valence-corrected chi connectivity index (χ4v) is 5.09. The predicted molar refractivity (Wildman–Crippen MR) is 114 cm³/mol. The van der Waals surface area contributed by atoms with Gasteiger partial charge in [-0.3, -0.25) is 9.59 Å². The van der Waals surface area contributed by atoms with Crippen molar-refractivity contribution in [1.82, 2.24) is 9.88 Å². The van der Waals surface area contributed by atoms with Crippen molar-refractivity contribution in [1.29, 1.82) is 0 Å². The van der Waals surface area contributed by atoms with Gasteiger partial charge in [-0.15, -0.1) is 11.3 Å². The van der Waals surface area contributed by atoms with Crippen LogP contribution in [0, 0.1) is 5.92 Å². The average Bonchev–Trinajstić information content (AvgIpc) is 3.17. The Morgan fingerprint density at radius 2 is 1.90 bits per heavy atom. The summed E-state index contributed by atoms with van der Waals surface area (Å²) in [5.74, 6) is 0.929. The van der Waals surface area contributed by atoms with Crippen LogP contribution >= 0.6 is 11.3 Å². The molecule has 7 nitrogen and oxygen atoms in total. The number of fused-ring (bicyclic) bond motifs is 1. The maximum Gasteiger partial charge on any atom is 0.227 e. The van der Waals surface area contributed by atoms with Gasteiger partial charge in [0.25, 0.3) is 0 Å². The smallest absolute Gasteiger partial charge is 0.227 e. The minimum atomic E-state index is -0.0348. The molecule has 154 valence electrons. The average molecular weight is 415 g/mol. The molecule has 0 spiro atoms. The number of hydrogen-bond donors (Lipinski definition) is 1. The highest BCUT2D eigenvalue weighted by molar-refractivity contribution is 7.15. The SMILES string of the molecule is COc1ccc(NC(=O)[C@H]2CCc3nc(N4CCN(C(C)=O)CC4)sc3C2)cc1. The van der Waals surface area contributed by atoms with E-state index in [2.05, 4.69) is 10.2 Å². The summed E-state index contributed by atoms with van der Waals surface area (Å²) in [6, 6.07) is 7.40. The number of methoxy groups -OCH3 is 1. The normalized spacial score (nSPS) is 18.9. The van der Waals surface area contributed by atoms with E-state index < -0.39 is 0 Å². The second-order valence-corrected chi connectivity index (χ2v) is 8.58. The molecule has 1 atom stereocenters. The number of nitrogens with zero attached hydrogens (tertiary/aromatic N) is 3. The molecule has 0 unspecified atom stereocenters. The lowest BCUT2D eigenvalue weighted by molar-refractivity contribution is -0.129. The fraction of sp³-hybridized carbons (Fsp3) is 0.476. The Balaban J connectivity index is 1.37. The molecular weight excluding hydrogens is 388 g/mol. The molecule has 29 heavy (non-hydrogen) atoms. The first kappa shape index (κ1) is 19.7. The van der Waals surface area contributed by atoms with E-state index in [0.717, 1.165) is 67.7 Å². The third-order valence-electron chi connectivity index (χ3n) is 5.65. The molecule has 2 heterocycles. The number of aryl methyl sites for hydroxylation is 1. The van der Waals surface area contributed by atoms with E-state index in [1.54, 1.807) is 25.4 Å². The van der Waals surface area contributed by atoms with Crippen LogP contribution in [0.25, 0.3) is 0 Å². The molecule has 1 aliphatic carbocycles. The Morgan fingerprint density at radius 3 is 2.55 bits per heavy atom. The van der Waals surface area contributed by atoms with Crippen LogP contribution in [0.3, 0.4) is 0 Å². The number of carbonyl (C=O) groups is 2. The van der Waals surface area contributed by atoms with E-state index in [4.69, 9.17) is 9.72 Å². The van der Waals surface area contributed by atoms with Crippen molar-refractivity contribution in [3.05, 3.63) is 34.8 Å². The van der Waals surface area contributed by atoms with Crippen molar-refractivity contribution >= 4 is 34.0 Å². The summed E-state index contributed by atoms with van der Waals surface area (Å²) in [5, 5.41) is 4.04. The first-order valence-corrected chi connectivity index (χ1v) is 10.8. The Bertz CT molecular complexity index is 888. The van der Waals surface area contributed by atoms with Crippen LogP contribution in [0.5, 0.6) is 5.75 Å². The molecule has 1 fully saturated rings. The molecule has 0 bridgehead atoms. The largest absolute Gasteiger partial charge is 0.497 e. The number of ether oxygens (including phenoxy) is 1. The van der Waals surface area contributed by atoms with Gasteiger partial charge in [0.15, 0.2) is 5.13 Å². The number of amides is 2. The Kier molecular flexibility index (Phi) is 5.71. The van der Waals surface area contributed by atoms with Gasteiger partial charge in [0.1, 0.15) is 5.75 Å². The lowest BCUT2D eigenvalue weighted by Gasteiger charge is -2.33. The molecule has 1 N–H and O–H groups in total. The minimum absolute atomic E-state index is 0.0348. The zero-order chi connectivity index (χ0) is 20.4. The number of hydrogen-bond acceptors (Lipinski definition) is 6. The van der Waals surface area contributed by atoms with Crippen LogP contribution in [-0.4, -0.2) is 55.0 Å². The van der Waals surface area contributed by atoms with Crippen LogP contribution in [0.1, 0.15) is 23.9 Å². The highest BCUT2D eigenvalue weighted by Crippen LogP contribution is 2.35. The monoisotopic (exact) mass is 414 g/mol.